The monoisotopic (exact) mass is 202 g/mol. The summed E-state index contributed by atoms with van der Waals surface area (Å²) < 4.78 is 9.91. The molecule has 0 unspecified atom stereocenters. The lowest BCUT2D eigenvalue weighted by molar-refractivity contribution is -0.151. The summed E-state index contributed by atoms with van der Waals surface area (Å²) in [6, 6.07) is 0. The largest absolute Gasteiger partial charge is 0.462 e. The van der Waals surface area contributed by atoms with Gasteiger partial charge in [0.05, 0.1) is 12.5 Å². The maximum absolute atomic E-state index is 11.2. The van der Waals surface area contributed by atoms with E-state index in [9.17, 15) is 9.59 Å². The fourth-order valence-corrected chi connectivity index (χ4v) is 1.04. The number of ketones is 1. The Balaban J connectivity index is 3.76. The minimum Gasteiger partial charge on any atom is -0.462 e. The number of esters is 1. The number of hydrogen-bond acceptors (Lipinski definition) is 4. The molecule has 0 heterocycles. The van der Waals surface area contributed by atoms with Crippen molar-refractivity contribution < 1.29 is 19.1 Å². The van der Waals surface area contributed by atoms with Crippen molar-refractivity contribution in [2.24, 2.45) is 0 Å². The van der Waals surface area contributed by atoms with Crippen LogP contribution in [0.1, 0.15) is 33.6 Å². The van der Waals surface area contributed by atoms with Crippen LogP contribution in [-0.2, 0) is 19.1 Å². The number of hydrogen-bond donors (Lipinski definition) is 0. The van der Waals surface area contributed by atoms with Gasteiger partial charge >= 0.3 is 5.97 Å². The van der Waals surface area contributed by atoms with Crippen molar-refractivity contribution in [3.8, 4) is 0 Å². The Morgan fingerprint density at radius 1 is 1.14 bits per heavy atom. The SMILES string of the molecule is CO[C@@H](C)CC(=O)O[C@H](C)CC(C)=O. The van der Waals surface area contributed by atoms with Gasteiger partial charge in [-0.1, -0.05) is 0 Å². The quantitative estimate of drug-likeness (QED) is 0.609. The van der Waals surface area contributed by atoms with Gasteiger partial charge in [-0.05, 0) is 20.8 Å². The lowest BCUT2D eigenvalue weighted by atomic mass is 10.2. The summed E-state index contributed by atoms with van der Waals surface area (Å²) in [5.74, 6) is -0.307. The lowest BCUT2D eigenvalue weighted by Gasteiger charge is -2.13. The molecule has 0 N–H and O–H groups in total. The van der Waals surface area contributed by atoms with E-state index in [1.807, 2.05) is 0 Å². The van der Waals surface area contributed by atoms with Crippen molar-refractivity contribution >= 4 is 11.8 Å². The van der Waals surface area contributed by atoms with E-state index >= 15 is 0 Å². The number of carbonyl (C=O) groups excluding carboxylic acids is 2. The van der Waals surface area contributed by atoms with Crippen molar-refractivity contribution in [3.63, 3.8) is 0 Å². The molecule has 0 saturated carbocycles. The maximum atomic E-state index is 11.2. The van der Waals surface area contributed by atoms with Gasteiger partial charge in [-0.25, -0.2) is 0 Å². The first-order valence-corrected chi connectivity index (χ1v) is 4.67. The molecular weight excluding hydrogens is 184 g/mol. The number of ether oxygens (including phenoxy) is 2. The lowest BCUT2D eigenvalue weighted by Crippen LogP contribution is -2.21. The smallest absolute Gasteiger partial charge is 0.308 e. The Labute approximate surface area is 84.6 Å². The highest BCUT2D eigenvalue weighted by Gasteiger charge is 2.14. The third kappa shape index (κ3) is 6.60. The summed E-state index contributed by atoms with van der Waals surface area (Å²) >= 11 is 0. The van der Waals surface area contributed by atoms with E-state index in [0.29, 0.717) is 0 Å². The molecule has 0 saturated heterocycles. The minimum absolute atomic E-state index is 0.0186. The molecule has 0 aromatic rings. The van der Waals surface area contributed by atoms with Crippen LogP contribution in [0.5, 0.6) is 0 Å². The second-order valence-corrected chi connectivity index (χ2v) is 3.46. The van der Waals surface area contributed by atoms with Crippen LogP contribution in [0, 0.1) is 0 Å². The van der Waals surface area contributed by atoms with Gasteiger partial charge in [0.1, 0.15) is 11.9 Å². The summed E-state index contributed by atoms with van der Waals surface area (Å²) in [4.78, 5) is 21.9. The molecule has 2 atom stereocenters. The number of rotatable bonds is 6. The predicted molar refractivity (Wildman–Crippen MR) is 51.9 cm³/mol. The second-order valence-electron chi connectivity index (χ2n) is 3.46. The predicted octanol–water partition coefficient (Wildman–Crippen LogP) is 1.32. The Hall–Kier alpha value is -0.900. The summed E-state index contributed by atoms with van der Waals surface area (Å²) in [6.45, 7) is 4.97. The number of Topliss-reactive ketones (excluding diaryl/α,β-unsaturated/α-hetero) is 1. The van der Waals surface area contributed by atoms with Crippen LogP contribution in [0.2, 0.25) is 0 Å². The molecule has 14 heavy (non-hydrogen) atoms. The first-order valence-electron chi connectivity index (χ1n) is 4.67. The van der Waals surface area contributed by atoms with Crippen LogP contribution in [0.4, 0.5) is 0 Å². The Bertz CT molecular complexity index is 200. The van der Waals surface area contributed by atoms with Gasteiger partial charge in [0, 0.05) is 13.5 Å². The van der Waals surface area contributed by atoms with Crippen molar-refractivity contribution in [3.05, 3.63) is 0 Å². The molecule has 0 aliphatic carbocycles. The van der Waals surface area contributed by atoms with Gasteiger partial charge in [0.25, 0.3) is 0 Å². The van der Waals surface area contributed by atoms with Gasteiger partial charge < -0.3 is 9.47 Å². The highest BCUT2D eigenvalue weighted by molar-refractivity contribution is 5.76. The molecular formula is C10H18O4. The standard InChI is InChI=1S/C10H18O4/c1-7(11)5-9(3)14-10(12)6-8(2)13-4/h8-9H,5-6H2,1-4H3/t8-,9+/m0/s1. The minimum atomic E-state index is -0.343. The average Bonchev–Trinajstić information content (AvgIpc) is 2.01. The zero-order valence-corrected chi connectivity index (χ0v) is 9.20. The van der Waals surface area contributed by atoms with Crippen LogP contribution in [-0.4, -0.2) is 31.1 Å². The van der Waals surface area contributed by atoms with Gasteiger partial charge in [-0.3, -0.25) is 9.59 Å². The highest BCUT2D eigenvalue weighted by Crippen LogP contribution is 2.03. The molecule has 0 amide bonds. The van der Waals surface area contributed by atoms with Gasteiger partial charge in [0.15, 0.2) is 0 Å². The third-order valence-corrected chi connectivity index (χ3v) is 1.76. The van der Waals surface area contributed by atoms with Crippen LogP contribution < -0.4 is 0 Å². The van der Waals surface area contributed by atoms with Crippen LogP contribution >= 0.6 is 0 Å². The molecule has 0 fully saturated rings. The van der Waals surface area contributed by atoms with E-state index in [1.54, 1.807) is 13.8 Å². The maximum Gasteiger partial charge on any atom is 0.308 e. The van der Waals surface area contributed by atoms with Gasteiger partial charge in [0.2, 0.25) is 0 Å². The Kier molecular flexibility index (Phi) is 6.12. The summed E-state index contributed by atoms with van der Waals surface area (Å²) in [5, 5.41) is 0. The topological polar surface area (TPSA) is 52.6 Å². The molecule has 82 valence electrons. The highest BCUT2D eigenvalue weighted by atomic mass is 16.5. The zero-order chi connectivity index (χ0) is 11.1. The molecule has 0 aliphatic rings. The zero-order valence-electron chi connectivity index (χ0n) is 9.20. The van der Waals surface area contributed by atoms with E-state index in [-0.39, 0.29) is 36.8 Å². The molecule has 4 heteroatoms. The van der Waals surface area contributed by atoms with Gasteiger partial charge in [-0.15, -0.1) is 0 Å². The molecule has 0 bridgehead atoms. The van der Waals surface area contributed by atoms with Crippen molar-refractivity contribution in [2.75, 3.05) is 7.11 Å². The van der Waals surface area contributed by atoms with Crippen molar-refractivity contribution in [1.29, 1.82) is 0 Å². The van der Waals surface area contributed by atoms with Gasteiger partial charge in [-0.2, -0.15) is 0 Å². The number of carbonyl (C=O) groups is 2. The summed E-state index contributed by atoms with van der Waals surface area (Å²) in [5.41, 5.74) is 0. The molecule has 0 radical (unpaired) electrons. The summed E-state index contributed by atoms with van der Waals surface area (Å²) in [6.07, 6.45) is 0.00218. The molecule has 4 nitrogen and oxygen atoms in total. The molecule has 0 spiro atoms. The molecule has 0 aliphatic heterocycles. The summed E-state index contributed by atoms with van der Waals surface area (Å²) in [7, 11) is 1.54. The third-order valence-electron chi connectivity index (χ3n) is 1.76. The van der Waals surface area contributed by atoms with E-state index < -0.39 is 0 Å². The Morgan fingerprint density at radius 3 is 2.14 bits per heavy atom. The van der Waals surface area contributed by atoms with E-state index in [2.05, 4.69) is 0 Å². The molecule has 0 rings (SSSR count). The fourth-order valence-electron chi connectivity index (χ4n) is 1.04. The fraction of sp³-hybridized carbons (Fsp3) is 0.800. The molecule has 0 aromatic carbocycles. The van der Waals surface area contributed by atoms with E-state index in [0.717, 1.165) is 0 Å². The number of methoxy groups -OCH3 is 1. The van der Waals surface area contributed by atoms with Crippen molar-refractivity contribution in [1.82, 2.24) is 0 Å². The van der Waals surface area contributed by atoms with Crippen LogP contribution in [0.15, 0.2) is 0 Å². The van der Waals surface area contributed by atoms with E-state index in [1.165, 1.54) is 14.0 Å². The first-order chi connectivity index (χ1) is 6.45. The van der Waals surface area contributed by atoms with E-state index in [4.69, 9.17) is 9.47 Å². The first kappa shape index (κ1) is 13.1. The second kappa shape index (κ2) is 6.54. The normalized spacial score (nSPS) is 14.6. The Morgan fingerprint density at radius 2 is 1.71 bits per heavy atom. The van der Waals surface area contributed by atoms with Crippen molar-refractivity contribution in [2.45, 2.75) is 45.8 Å². The average molecular weight is 202 g/mol. The van der Waals surface area contributed by atoms with Crippen LogP contribution in [0.25, 0.3) is 0 Å². The van der Waals surface area contributed by atoms with Crippen LogP contribution in [0.3, 0.4) is 0 Å². The molecule has 0 aromatic heterocycles.